The summed E-state index contributed by atoms with van der Waals surface area (Å²) in [4.78, 5) is 52.7. The van der Waals surface area contributed by atoms with E-state index in [9.17, 15) is 29.8 Å². The van der Waals surface area contributed by atoms with Crippen molar-refractivity contribution in [3.8, 4) is 0 Å². The number of esters is 2. The highest BCUT2D eigenvalue weighted by atomic mass is 16.6. The molecule has 0 aliphatic carbocycles. The van der Waals surface area contributed by atoms with E-state index in [1.807, 2.05) is 0 Å². The van der Waals surface area contributed by atoms with E-state index in [-0.39, 0.29) is 37.0 Å². The van der Waals surface area contributed by atoms with Gasteiger partial charge in [-0.25, -0.2) is 4.79 Å². The first-order chi connectivity index (χ1) is 16.3. The number of nitro benzene ring substituents is 2. The molecule has 0 aromatic heterocycles. The summed E-state index contributed by atoms with van der Waals surface area (Å²) >= 11 is 0. The number of hydrogen-bond donors (Lipinski definition) is 0. The average Bonchev–Trinajstić information content (AvgIpc) is 3.18. The van der Waals surface area contributed by atoms with Gasteiger partial charge in [0.05, 0.1) is 29.1 Å². The summed E-state index contributed by atoms with van der Waals surface area (Å²) in [6.07, 6.45) is 0. The molecule has 0 radical (unpaired) electrons. The number of hydrogen-bond acceptors (Lipinski definition) is 10. The molecular formula is C22H22N4O8. The highest BCUT2D eigenvalue weighted by Crippen LogP contribution is 2.36. The van der Waals surface area contributed by atoms with Crippen molar-refractivity contribution < 1.29 is 28.9 Å². The Balaban J connectivity index is 2.17. The van der Waals surface area contributed by atoms with Gasteiger partial charge >= 0.3 is 11.9 Å². The topological polar surface area (TPSA) is 154 Å². The smallest absolute Gasteiger partial charge is 0.333 e. The molecule has 1 aliphatic rings. The second-order valence-corrected chi connectivity index (χ2v) is 7.19. The lowest BCUT2D eigenvalue weighted by Gasteiger charge is -2.29. The highest BCUT2D eigenvalue weighted by Gasteiger charge is 2.44. The molecule has 0 bridgehead atoms. The SMILES string of the molecule is CCOC(=O)CN1C(c2cccc([N+](=O)[O-])c2)=N[C@@H](C(=O)OCC)[C@@H]1c1cccc([N+](=O)[O-])c1. The highest BCUT2D eigenvalue weighted by molar-refractivity contribution is 6.04. The minimum absolute atomic E-state index is 0.0660. The Morgan fingerprint density at radius 2 is 1.59 bits per heavy atom. The van der Waals surface area contributed by atoms with Gasteiger partial charge in [0, 0.05) is 29.8 Å². The molecule has 3 rings (SSSR count). The van der Waals surface area contributed by atoms with E-state index in [1.165, 1.54) is 41.3 Å². The second kappa shape index (κ2) is 10.5. The molecule has 178 valence electrons. The molecule has 0 N–H and O–H groups in total. The maximum absolute atomic E-state index is 12.8. The van der Waals surface area contributed by atoms with Crippen LogP contribution in [0.5, 0.6) is 0 Å². The minimum atomic E-state index is -1.18. The molecule has 12 nitrogen and oxygen atoms in total. The van der Waals surface area contributed by atoms with Gasteiger partial charge in [0.2, 0.25) is 0 Å². The van der Waals surface area contributed by atoms with Gasteiger partial charge in [-0.15, -0.1) is 0 Å². The van der Waals surface area contributed by atoms with Crippen molar-refractivity contribution in [3.05, 3.63) is 79.9 Å². The summed E-state index contributed by atoms with van der Waals surface area (Å²) < 4.78 is 10.2. The predicted octanol–water partition coefficient (Wildman–Crippen LogP) is 2.80. The first-order valence-electron chi connectivity index (χ1n) is 10.4. The van der Waals surface area contributed by atoms with Crippen LogP contribution in [-0.2, 0) is 19.1 Å². The number of non-ortho nitro benzene ring substituents is 2. The maximum Gasteiger partial charge on any atom is 0.333 e. The molecule has 0 amide bonds. The lowest BCUT2D eigenvalue weighted by atomic mass is 9.98. The molecule has 0 fully saturated rings. The van der Waals surface area contributed by atoms with Crippen molar-refractivity contribution in [2.75, 3.05) is 19.8 Å². The van der Waals surface area contributed by atoms with Crippen molar-refractivity contribution >= 4 is 29.1 Å². The largest absolute Gasteiger partial charge is 0.465 e. The van der Waals surface area contributed by atoms with Crippen molar-refractivity contribution in [3.63, 3.8) is 0 Å². The average molecular weight is 470 g/mol. The lowest BCUT2D eigenvalue weighted by Crippen LogP contribution is -2.40. The van der Waals surface area contributed by atoms with E-state index in [2.05, 4.69) is 4.99 Å². The monoisotopic (exact) mass is 470 g/mol. The molecule has 2 aromatic carbocycles. The van der Waals surface area contributed by atoms with Crippen LogP contribution in [0.25, 0.3) is 0 Å². The van der Waals surface area contributed by atoms with Gasteiger partial charge < -0.3 is 14.4 Å². The zero-order chi connectivity index (χ0) is 24.8. The van der Waals surface area contributed by atoms with Crippen molar-refractivity contribution in [2.45, 2.75) is 25.9 Å². The molecule has 2 aromatic rings. The van der Waals surface area contributed by atoms with Crippen molar-refractivity contribution in [1.82, 2.24) is 4.90 Å². The van der Waals surface area contributed by atoms with Crippen LogP contribution >= 0.6 is 0 Å². The number of amidine groups is 1. The van der Waals surface area contributed by atoms with Crippen LogP contribution in [-0.4, -0.2) is 58.3 Å². The molecule has 12 heteroatoms. The molecule has 1 aliphatic heterocycles. The fraction of sp³-hybridized carbons (Fsp3) is 0.318. The molecule has 0 spiro atoms. The van der Waals surface area contributed by atoms with Crippen LogP contribution in [0.4, 0.5) is 11.4 Å². The van der Waals surface area contributed by atoms with E-state index < -0.39 is 33.9 Å². The number of ether oxygens (including phenoxy) is 2. The molecule has 2 atom stereocenters. The Bertz CT molecular complexity index is 1150. The van der Waals surface area contributed by atoms with E-state index in [1.54, 1.807) is 26.0 Å². The first-order valence-corrected chi connectivity index (χ1v) is 10.4. The second-order valence-electron chi connectivity index (χ2n) is 7.19. The van der Waals surface area contributed by atoms with Crippen LogP contribution < -0.4 is 0 Å². The number of carbonyl (C=O) groups is 2. The maximum atomic E-state index is 12.8. The number of benzene rings is 2. The molecule has 0 unspecified atom stereocenters. The van der Waals surface area contributed by atoms with E-state index in [4.69, 9.17) is 9.47 Å². The third-order valence-electron chi connectivity index (χ3n) is 5.04. The minimum Gasteiger partial charge on any atom is -0.465 e. The van der Waals surface area contributed by atoms with E-state index in [0.717, 1.165) is 0 Å². The van der Waals surface area contributed by atoms with Crippen LogP contribution in [0.3, 0.4) is 0 Å². The Labute approximate surface area is 194 Å². The zero-order valence-electron chi connectivity index (χ0n) is 18.4. The Hall–Kier alpha value is -4.35. The fourth-order valence-electron chi connectivity index (χ4n) is 3.69. The zero-order valence-corrected chi connectivity index (χ0v) is 18.4. The van der Waals surface area contributed by atoms with Gasteiger partial charge in [0.1, 0.15) is 12.4 Å². The van der Waals surface area contributed by atoms with Crippen LogP contribution in [0.15, 0.2) is 53.5 Å². The number of nitro groups is 2. The van der Waals surface area contributed by atoms with Gasteiger partial charge in [0.25, 0.3) is 11.4 Å². The third kappa shape index (κ3) is 5.17. The van der Waals surface area contributed by atoms with E-state index >= 15 is 0 Å². The number of nitrogens with zero attached hydrogens (tertiary/aromatic N) is 4. The summed E-state index contributed by atoms with van der Waals surface area (Å²) in [5, 5.41) is 22.6. The van der Waals surface area contributed by atoms with Gasteiger partial charge in [0.15, 0.2) is 6.04 Å². The third-order valence-corrected chi connectivity index (χ3v) is 5.04. The summed E-state index contributed by atoms with van der Waals surface area (Å²) in [6, 6.07) is 9.10. The molecule has 1 heterocycles. The lowest BCUT2D eigenvalue weighted by molar-refractivity contribution is -0.385. The van der Waals surface area contributed by atoms with Gasteiger partial charge in [-0.2, -0.15) is 0 Å². The predicted molar refractivity (Wildman–Crippen MR) is 119 cm³/mol. The summed E-state index contributed by atoms with van der Waals surface area (Å²) in [5.74, 6) is -1.19. The quantitative estimate of drug-likeness (QED) is 0.305. The van der Waals surface area contributed by atoms with Crippen molar-refractivity contribution in [2.24, 2.45) is 4.99 Å². The fourth-order valence-corrected chi connectivity index (χ4v) is 3.69. The van der Waals surface area contributed by atoms with Crippen LogP contribution in [0.1, 0.15) is 31.0 Å². The van der Waals surface area contributed by atoms with Gasteiger partial charge in [-0.1, -0.05) is 24.3 Å². The van der Waals surface area contributed by atoms with Gasteiger partial charge in [-0.3, -0.25) is 30.0 Å². The molecular weight excluding hydrogens is 448 g/mol. The summed E-state index contributed by atoms with van der Waals surface area (Å²) in [5.41, 5.74) is 0.226. The van der Waals surface area contributed by atoms with Gasteiger partial charge in [-0.05, 0) is 19.4 Å². The Morgan fingerprint density at radius 1 is 0.971 bits per heavy atom. The summed E-state index contributed by atoms with van der Waals surface area (Å²) in [7, 11) is 0. The first kappa shape index (κ1) is 24.3. The Kier molecular flexibility index (Phi) is 7.51. The number of aliphatic imine (C=N–C) groups is 1. The standard InChI is InChI=1S/C22H22N4O8/c1-3-33-18(27)13-24-20(14-7-5-9-16(11-14)25(29)30)19(22(28)34-4-2)23-21(24)15-8-6-10-17(12-15)26(31)32/h5-12,19-20H,3-4,13H2,1-2H3/t19-,20+/m1/s1. The number of carbonyl (C=O) groups excluding carboxylic acids is 2. The molecule has 34 heavy (non-hydrogen) atoms. The van der Waals surface area contributed by atoms with E-state index in [0.29, 0.717) is 11.1 Å². The molecule has 0 saturated heterocycles. The number of rotatable bonds is 9. The molecule has 0 saturated carbocycles. The van der Waals surface area contributed by atoms with Crippen LogP contribution in [0.2, 0.25) is 0 Å². The normalized spacial score (nSPS) is 17.1. The van der Waals surface area contributed by atoms with Crippen LogP contribution in [0, 0.1) is 20.2 Å². The Morgan fingerprint density at radius 3 is 2.21 bits per heavy atom. The van der Waals surface area contributed by atoms with Crippen molar-refractivity contribution in [1.29, 1.82) is 0 Å². The summed E-state index contributed by atoms with van der Waals surface area (Å²) in [6.45, 7) is 3.08.